The summed E-state index contributed by atoms with van der Waals surface area (Å²) in [7, 11) is 0. The lowest BCUT2D eigenvalue weighted by Crippen LogP contribution is -2.26. The molecule has 0 aromatic heterocycles. The van der Waals surface area contributed by atoms with Crippen LogP contribution in [0, 0.1) is 29.2 Å². The number of rotatable bonds is 12. The van der Waals surface area contributed by atoms with Gasteiger partial charge in [0.1, 0.15) is 6.10 Å². The molecule has 42 heavy (non-hydrogen) atoms. The maximum atomic E-state index is 15.1. The van der Waals surface area contributed by atoms with Crippen molar-refractivity contribution in [1.82, 2.24) is 0 Å². The zero-order chi connectivity index (χ0) is 30.2. The van der Waals surface area contributed by atoms with Crippen molar-refractivity contribution in [3.05, 3.63) is 76.9 Å². The number of ether oxygens (including phenoxy) is 2. The first-order chi connectivity index (χ1) is 20.2. The average molecular weight is 591 g/mol. The van der Waals surface area contributed by atoms with Crippen LogP contribution in [0.5, 0.6) is 5.75 Å². The molecule has 2 aliphatic rings. The van der Waals surface area contributed by atoms with Crippen molar-refractivity contribution in [2.75, 3.05) is 6.61 Å². The Kier molecular flexibility index (Phi) is 11.5. The molecule has 1 unspecified atom stereocenters. The zero-order valence-electron chi connectivity index (χ0n) is 24.4. The van der Waals surface area contributed by atoms with Crippen LogP contribution in [0.15, 0.2) is 36.9 Å². The van der Waals surface area contributed by atoms with Crippen molar-refractivity contribution >= 4 is 5.97 Å². The van der Waals surface area contributed by atoms with E-state index < -0.39 is 40.9 Å². The van der Waals surface area contributed by atoms with Crippen LogP contribution in [0.1, 0.15) is 117 Å². The lowest BCUT2D eigenvalue weighted by Gasteiger charge is -2.32. The van der Waals surface area contributed by atoms with Gasteiger partial charge in [0.2, 0.25) is 5.82 Å². The highest BCUT2D eigenvalue weighted by Crippen LogP contribution is 2.40. The topological polar surface area (TPSA) is 55.8 Å². The van der Waals surface area contributed by atoms with Gasteiger partial charge in [0.05, 0.1) is 18.3 Å². The first kappa shape index (κ1) is 32.1. The van der Waals surface area contributed by atoms with E-state index in [4.69, 9.17) is 9.47 Å². The Morgan fingerprint density at radius 2 is 1.50 bits per heavy atom. The fourth-order valence-corrected chi connectivity index (χ4v) is 6.47. The summed E-state index contributed by atoms with van der Waals surface area (Å²) >= 11 is 0. The standard InChI is InChI=1S/C34H42F4O4/c1-3-5-6-20-41-29-19-18-26(31(36)33(29)38)22-12-14-24(15-13-22)42-34(40)27-17-16-25(30(35)32(27)37)21-8-10-23(11-9-21)28(39)7-4-2/h3,16-19,21-24,28,39H,1,4-15,20H2,2H3. The third kappa shape index (κ3) is 7.55. The minimum absolute atomic E-state index is 0.123. The first-order valence-electron chi connectivity index (χ1n) is 15.3. The fraction of sp³-hybridized carbons (Fsp3) is 0.559. The van der Waals surface area contributed by atoms with Crippen LogP contribution in [-0.2, 0) is 4.74 Å². The number of carbonyl (C=O) groups excluding carboxylic acids is 1. The second-order valence-corrected chi connectivity index (χ2v) is 11.7. The smallest absolute Gasteiger partial charge is 0.341 e. The minimum Gasteiger partial charge on any atom is -0.490 e. The SMILES string of the molecule is C=CCCCOc1ccc(C2CCC(OC(=O)c3ccc(C4CCC(C(O)CCC)CC4)c(F)c3F)CC2)c(F)c1F. The Morgan fingerprint density at radius 3 is 2.12 bits per heavy atom. The van der Waals surface area contributed by atoms with E-state index in [1.165, 1.54) is 24.3 Å². The van der Waals surface area contributed by atoms with Crippen LogP contribution in [0.3, 0.4) is 0 Å². The van der Waals surface area contributed by atoms with Gasteiger partial charge in [0.25, 0.3) is 0 Å². The summed E-state index contributed by atoms with van der Waals surface area (Å²) < 4.78 is 70.4. The summed E-state index contributed by atoms with van der Waals surface area (Å²) in [5, 5.41) is 10.3. The minimum atomic E-state index is -1.20. The van der Waals surface area contributed by atoms with Gasteiger partial charge < -0.3 is 14.6 Å². The van der Waals surface area contributed by atoms with Crippen molar-refractivity contribution < 1.29 is 36.9 Å². The third-order valence-electron chi connectivity index (χ3n) is 8.95. The van der Waals surface area contributed by atoms with Gasteiger partial charge in [-0.15, -0.1) is 6.58 Å². The number of aliphatic hydroxyl groups is 1. The van der Waals surface area contributed by atoms with E-state index in [9.17, 15) is 18.7 Å². The van der Waals surface area contributed by atoms with Gasteiger partial charge in [0.15, 0.2) is 23.2 Å². The monoisotopic (exact) mass is 590 g/mol. The molecule has 0 radical (unpaired) electrons. The number of esters is 1. The molecule has 230 valence electrons. The maximum Gasteiger partial charge on any atom is 0.341 e. The number of hydrogen-bond acceptors (Lipinski definition) is 4. The Balaban J connectivity index is 1.31. The van der Waals surface area contributed by atoms with E-state index in [1.54, 1.807) is 6.08 Å². The van der Waals surface area contributed by atoms with Gasteiger partial charge in [-0.25, -0.2) is 18.0 Å². The second kappa shape index (κ2) is 15.0. The van der Waals surface area contributed by atoms with Gasteiger partial charge in [-0.3, -0.25) is 0 Å². The number of halogens is 4. The lowest BCUT2D eigenvalue weighted by atomic mass is 9.76. The molecule has 2 fully saturated rings. The molecule has 0 saturated heterocycles. The summed E-state index contributed by atoms with van der Waals surface area (Å²) in [5.41, 5.74) is 0.0750. The van der Waals surface area contributed by atoms with Gasteiger partial charge in [-0.1, -0.05) is 31.6 Å². The molecule has 2 aromatic carbocycles. The second-order valence-electron chi connectivity index (χ2n) is 11.7. The molecule has 0 spiro atoms. The Labute approximate surface area is 246 Å². The zero-order valence-corrected chi connectivity index (χ0v) is 24.4. The van der Waals surface area contributed by atoms with Gasteiger partial charge in [-0.2, -0.15) is 4.39 Å². The highest BCUT2D eigenvalue weighted by atomic mass is 19.2. The van der Waals surface area contributed by atoms with Crippen molar-refractivity contribution in [3.8, 4) is 5.75 Å². The van der Waals surface area contributed by atoms with E-state index in [1.807, 2.05) is 6.92 Å². The molecule has 1 atom stereocenters. The molecule has 4 rings (SSSR count). The van der Waals surface area contributed by atoms with Crippen LogP contribution in [0.4, 0.5) is 17.6 Å². The van der Waals surface area contributed by atoms with Crippen LogP contribution in [0.2, 0.25) is 0 Å². The lowest BCUT2D eigenvalue weighted by molar-refractivity contribution is 0.0188. The Morgan fingerprint density at radius 1 is 0.905 bits per heavy atom. The molecular weight excluding hydrogens is 548 g/mol. The molecule has 0 heterocycles. The van der Waals surface area contributed by atoms with E-state index in [0.29, 0.717) is 44.9 Å². The summed E-state index contributed by atoms with van der Waals surface area (Å²) in [6.45, 7) is 5.90. The number of aliphatic hydroxyl groups excluding tert-OH is 1. The van der Waals surface area contributed by atoms with E-state index in [2.05, 4.69) is 6.58 Å². The van der Waals surface area contributed by atoms with Crippen LogP contribution in [0.25, 0.3) is 0 Å². The molecule has 2 saturated carbocycles. The summed E-state index contributed by atoms with van der Waals surface area (Å²) in [5.74, 6) is -5.45. The number of carbonyl (C=O) groups is 1. The Bertz CT molecular complexity index is 1220. The average Bonchev–Trinajstić information content (AvgIpc) is 2.99. The molecule has 0 bridgehead atoms. The predicted octanol–water partition coefficient (Wildman–Crippen LogP) is 8.91. The molecule has 8 heteroatoms. The van der Waals surface area contributed by atoms with Gasteiger partial charge in [0, 0.05) is 0 Å². The normalized spacial score (nSPS) is 23.3. The van der Waals surface area contributed by atoms with Crippen LogP contribution >= 0.6 is 0 Å². The van der Waals surface area contributed by atoms with Crippen molar-refractivity contribution in [1.29, 1.82) is 0 Å². The number of benzene rings is 2. The van der Waals surface area contributed by atoms with Gasteiger partial charge in [-0.05, 0) is 112 Å². The quantitative estimate of drug-likeness (QED) is 0.116. The third-order valence-corrected chi connectivity index (χ3v) is 8.95. The van der Waals surface area contributed by atoms with Gasteiger partial charge >= 0.3 is 5.97 Å². The molecule has 2 aromatic rings. The molecule has 4 nitrogen and oxygen atoms in total. The largest absolute Gasteiger partial charge is 0.490 e. The van der Waals surface area contributed by atoms with Crippen molar-refractivity contribution in [3.63, 3.8) is 0 Å². The molecule has 0 aliphatic heterocycles. The molecule has 0 amide bonds. The van der Waals surface area contributed by atoms with E-state index >= 15 is 8.78 Å². The summed E-state index contributed by atoms with van der Waals surface area (Å²) in [6.07, 6.45) is 8.39. The Hall–Kier alpha value is -2.87. The van der Waals surface area contributed by atoms with Crippen molar-refractivity contribution in [2.24, 2.45) is 5.92 Å². The number of allylic oxidation sites excluding steroid dienone is 1. The van der Waals surface area contributed by atoms with Crippen molar-refractivity contribution in [2.45, 2.75) is 108 Å². The van der Waals surface area contributed by atoms with Crippen LogP contribution in [-0.4, -0.2) is 29.9 Å². The molecule has 2 aliphatic carbocycles. The van der Waals surface area contributed by atoms with E-state index in [0.717, 1.165) is 32.1 Å². The van der Waals surface area contributed by atoms with E-state index in [-0.39, 0.29) is 47.3 Å². The summed E-state index contributed by atoms with van der Waals surface area (Å²) in [6, 6.07) is 5.75. The fourth-order valence-electron chi connectivity index (χ4n) is 6.47. The molecule has 1 N–H and O–H groups in total. The summed E-state index contributed by atoms with van der Waals surface area (Å²) in [4.78, 5) is 12.8. The number of unbranched alkanes of at least 4 members (excludes halogenated alkanes) is 1. The highest BCUT2D eigenvalue weighted by Gasteiger charge is 2.32. The highest BCUT2D eigenvalue weighted by molar-refractivity contribution is 5.90. The van der Waals surface area contributed by atoms with Crippen LogP contribution < -0.4 is 4.74 Å². The number of hydrogen-bond donors (Lipinski definition) is 1. The molecular formula is C34H42F4O4. The predicted molar refractivity (Wildman–Crippen MR) is 154 cm³/mol. The maximum absolute atomic E-state index is 15.1. The first-order valence-corrected chi connectivity index (χ1v) is 15.3.